The van der Waals surface area contributed by atoms with Gasteiger partial charge in [-0.15, -0.1) is 6.58 Å². The van der Waals surface area contributed by atoms with Gasteiger partial charge in [-0.05, 0) is 19.8 Å². The van der Waals surface area contributed by atoms with E-state index in [1.165, 1.54) is 0 Å². The van der Waals surface area contributed by atoms with E-state index in [0.29, 0.717) is 36.6 Å². The third-order valence-electron chi connectivity index (χ3n) is 4.88. The molecule has 9 heteroatoms. The Morgan fingerprint density at radius 3 is 2.81 bits per heavy atom. The van der Waals surface area contributed by atoms with Gasteiger partial charge in [-0.3, -0.25) is 14.3 Å². The minimum atomic E-state index is -0.885. The maximum Gasteiger partial charge on any atom is 0.303 e. The van der Waals surface area contributed by atoms with Gasteiger partial charge in [-0.2, -0.15) is 20.5 Å². The molecule has 3 heterocycles. The summed E-state index contributed by atoms with van der Waals surface area (Å²) in [5.41, 5.74) is 2.70. The number of aromatic nitrogens is 5. The predicted octanol–water partition coefficient (Wildman–Crippen LogP) is 1.13. The smallest absolute Gasteiger partial charge is 0.303 e. The number of carbonyl (C=O) groups is 2. The number of aliphatic carboxylic acids is 1. The number of aromatic amines is 1. The summed E-state index contributed by atoms with van der Waals surface area (Å²) < 4.78 is 1.75. The molecule has 1 saturated heterocycles. The molecule has 0 radical (unpaired) electrons. The zero-order valence-electron chi connectivity index (χ0n) is 14.8. The van der Waals surface area contributed by atoms with Crippen LogP contribution in [0.25, 0.3) is 0 Å². The molecule has 26 heavy (non-hydrogen) atoms. The Labute approximate surface area is 150 Å². The number of likely N-dealkylation sites (tertiary alicyclic amines) is 1. The van der Waals surface area contributed by atoms with Gasteiger partial charge in [0.05, 0.1) is 36.1 Å². The normalized spacial score (nSPS) is 19.7. The van der Waals surface area contributed by atoms with Crippen LogP contribution in [0.15, 0.2) is 18.9 Å². The summed E-state index contributed by atoms with van der Waals surface area (Å²) in [5.74, 6) is -1.37. The van der Waals surface area contributed by atoms with E-state index in [1.807, 2.05) is 6.92 Å². The van der Waals surface area contributed by atoms with Crippen molar-refractivity contribution in [1.82, 2.24) is 30.1 Å². The summed E-state index contributed by atoms with van der Waals surface area (Å²) in [4.78, 5) is 26.0. The molecule has 0 spiro atoms. The first-order valence-electron chi connectivity index (χ1n) is 8.44. The fourth-order valence-corrected chi connectivity index (χ4v) is 3.66. The number of hydrogen-bond acceptors (Lipinski definition) is 5. The second kappa shape index (κ2) is 7.11. The summed E-state index contributed by atoms with van der Waals surface area (Å²) in [6, 6.07) is 0. The molecule has 1 aliphatic rings. The molecule has 1 aliphatic heterocycles. The van der Waals surface area contributed by atoms with Crippen molar-refractivity contribution in [3.8, 4) is 0 Å². The lowest BCUT2D eigenvalue weighted by molar-refractivity contribution is -0.138. The van der Waals surface area contributed by atoms with Crippen molar-refractivity contribution in [1.29, 1.82) is 0 Å². The first kappa shape index (κ1) is 17.8. The number of nitrogens with zero attached hydrogens (tertiary/aromatic N) is 5. The number of carboxylic acid groups (broad SMARTS) is 1. The summed E-state index contributed by atoms with van der Waals surface area (Å²) in [6.45, 7) is 8.68. The molecule has 2 unspecified atom stereocenters. The Balaban J connectivity index is 1.86. The number of hydrogen-bond donors (Lipinski definition) is 2. The highest BCUT2D eigenvalue weighted by Crippen LogP contribution is 2.34. The lowest BCUT2D eigenvalue weighted by Gasteiger charge is -2.16. The maximum atomic E-state index is 13.1. The second-order valence-corrected chi connectivity index (χ2v) is 6.59. The zero-order valence-corrected chi connectivity index (χ0v) is 14.8. The Morgan fingerprint density at radius 2 is 2.19 bits per heavy atom. The molecule has 9 nitrogen and oxygen atoms in total. The molecule has 138 valence electrons. The Bertz CT molecular complexity index is 826. The summed E-state index contributed by atoms with van der Waals surface area (Å²) >= 11 is 0. The Morgan fingerprint density at radius 1 is 1.42 bits per heavy atom. The summed E-state index contributed by atoms with van der Waals surface area (Å²) in [6.07, 6.45) is 3.30. The summed E-state index contributed by atoms with van der Waals surface area (Å²) in [5, 5.41) is 24.1. The molecular weight excluding hydrogens is 336 g/mol. The summed E-state index contributed by atoms with van der Waals surface area (Å²) in [7, 11) is 0. The SMILES string of the molecule is C=CCn1nc(C)c(C(=O)N2CC(CC(=O)O)C(c3cn[nH]n3)C2)c1C. The Kier molecular flexibility index (Phi) is 4.88. The monoisotopic (exact) mass is 358 g/mol. The van der Waals surface area contributed by atoms with Gasteiger partial charge in [-0.25, -0.2) is 0 Å². The first-order valence-corrected chi connectivity index (χ1v) is 8.44. The topological polar surface area (TPSA) is 117 Å². The van der Waals surface area contributed by atoms with Crippen LogP contribution >= 0.6 is 0 Å². The van der Waals surface area contributed by atoms with E-state index >= 15 is 0 Å². The number of amides is 1. The highest BCUT2D eigenvalue weighted by Gasteiger charge is 2.39. The van der Waals surface area contributed by atoms with Crippen molar-refractivity contribution in [3.63, 3.8) is 0 Å². The molecule has 0 aliphatic carbocycles. The van der Waals surface area contributed by atoms with Gasteiger partial charge in [-0.1, -0.05) is 6.08 Å². The van der Waals surface area contributed by atoms with Crippen LogP contribution in [-0.2, 0) is 11.3 Å². The average molecular weight is 358 g/mol. The van der Waals surface area contributed by atoms with Crippen molar-refractivity contribution < 1.29 is 14.7 Å². The quantitative estimate of drug-likeness (QED) is 0.748. The number of allylic oxidation sites excluding steroid dienone is 1. The lowest BCUT2D eigenvalue weighted by Crippen LogP contribution is -2.30. The number of carboxylic acids is 1. The van der Waals surface area contributed by atoms with Crippen LogP contribution in [0.4, 0.5) is 0 Å². The fraction of sp³-hybridized carbons (Fsp3) is 0.471. The van der Waals surface area contributed by atoms with Gasteiger partial charge in [0.25, 0.3) is 5.91 Å². The molecule has 3 rings (SSSR count). The van der Waals surface area contributed by atoms with Crippen LogP contribution in [0.2, 0.25) is 0 Å². The van der Waals surface area contributed by atoms with Crippen LogP contribution in [-0.4, -0.2) is 60.2 Å². The van der Waals surface area contributed by atoms with E-state index in [9.17, 15) is 14.7 Å². The van der Waals surface area contributed by atoms with Gasteiger partial charge in [0.2, 0.25) is 0 Å². The number of carbonyl (C=O) groups excluding carboxylic acids is 1. The van der Waals surface area contributed by atoms with E-state index in [0.717, 1.165) is 5.69 Å². The Hall–Kier alpha value is -2.97. The molecule has 1 amide bonds. The van der Waals surface area contributed by atoms with Crippen LogP contribution in [0.3, 0.4) is 0 Å². The first-order chi connectivity index (χ1) is 12.4. The molecule has 2 atom stereocenters. The van der Waals surface area contributed by atoms with Crippen LogP contribution in [0.5, 0.6) is 0 Å². The molecule has 1 fully saturated rings. The average Bonchev–Trinajstić information content (AvgIpc) is 3.27. The van der Waals surface area contributed by atoms with E-state index in [4.69, 9.17) is 0 Å². The fourth-order valence-electron chi connectivity index (χ4n) is 3.66. The highest BCUT2D eigenvalue weighted by atomic mass is 16.4. The van der Waals surface area contributed by atoms with Crippen molar-refractivity contribution in [2.24, 2.45) is 5.92 Å². The van der Waals surface area contributed by atoms with E-state index < -0.39 is 5.97 Å². The minimum Gasteiger partial charge on any atom is -0.481 e. The number of nitrogens with one attached hydrogen (secondary N) is 1. The largest absolute Gasteiger partial charge is 0.481 e. The molecule has 0 bridgehead atoms. The van der Waals surface area contributed by atoms with Crippen LogP contribution in [0.1, 0.15) is 39.8 Å². The van der Waals surface area contributed by atoms with Gasteiger partial charge >= 0.3 is 5.97 Å². The van der Waals surface area contributed by atoms with E-state index in [-0.39, 0.29) is 24.2 Å². The van der Waals surface area contributed by atoms with Crippen molar-refractivity contribution >= 4 is 11.9 Å². The van der Waals surface area contributed by atoms with Gasteiger partial charge in [0.1, 0.15) is 0 Å². The van der Waals surface area contributed by atoms with E-state index in [1.54, 1.807) is 28.8 Å². The predicted molar refractivity (Wildman–Crippen MR) is 92.7 cm³/mol. The number of aryl methyl sites for hydroxylation is 1. The molecule has 2 aromatic rings. The van der Waals surface area contributed by atoms with Gasteiger partial charge < -0.3 is 10.0 Å². The molecule has 2 N–H and O–H groups in total. The third kappa shape index (κ3) is 3.24. The van der Waals surface area contributed by atoms with E-state index in [2.05, 4.69) is 27.1 Å². The molecule has 0 saturated carbocycles. The number of H-pyrrole nitrogens is 1. The molecule has 0 aromatic carbocycles. The van der Waals surface area contributed by atoms with Crippen LogP contribution in [0, 0.1) is 19.8 Å². The number of rotatable bonds is 6. The zero-order chi connectivity index (χ0) is 18.8. The maximum absolute atomic E-state index is 13.1. The second-order valence-electron chi connectivity index (χ2n) is 6.59. The lowest BCUT2D eigenvalue weighted by atomic mass is 9.91. The minimum absolute atomic E-state index is 0.0189. The molecule has 2 aromatic heterocycles. The third-order valence-corrected chi connectivity index (χ3v) is 4.88. The standard InChI is InChI=1S/C17H22N6O3/c1-4-5-23-11(3)16(10(2)20-23)17(26)22-8-12(6-15(24)25)13(9-22)14-7-18-21-19-14/h4,7,12-13H,1,5-6,8-9H2,2-3H3,(H,24,25)(H,18,19,21). The van der Waals surface area contributed by atoms with Crippen molar-refractivity contribution in [3.05, 3.63) is 41.5 Å². The highest BCUT2D eigenvalue weighted by molar-refractivity contribution is 5.96. The van der Waals surface area contributed by atoms with Crippen molar-refractivity contribution in [2.45, 2.75) is 32.7 Å². The van der Waals surface area contributed by atoms with Crippen molar-refractivity contribution in [2.75, 3.05) is 13.1 Å². The molecular formula is C17H22N6O3. The van der Waals surface area contributed by atoms with Gasteiger partial charge in [0.15, 0.2) is 0 Å². The van der Waals surface area contributed by atoms with Gasteiger partial charge in [0, 0.05) is 24.7 Å². The van der Waals surface area contributed by atoms with Crippen LogP contribution < -0.4 is 0 Å².